The zero-order valence-electron chi connectivity index (χ0n) is 10.2. The van der Waals surface area contributed by atoms with Gasteiger partial charge < -0.3 is 4.74 Å². The van der Waals surface area contributed by atoms with E-state index in [-0.39, 0.29) is 11.5 Å². The van der Waals surface area contributed by atoms with Crippen LogP contribution in [0.4, 0.5) is 0 Å². The second-order valence-corrected chi connectivity index (χ2v) is 4.78. The molecule has 96 valence electrons. The van der Waals surface area contributed by atoms with E-state index in [9.17, 15) is 9.59 Å². The highest BCUT2D eigenvalue weighted by Gasteiger charge is 2.16. The maximum atomic E-state index is 12.0. The van der Waals surface area contributed by atoms with Gasteiger partial charge in [-0.3, -0.25) is 4.79 Å². The molecule has 0 heterocycles. The first kappa shape index (κ1) is 13.5. The number of esters is 1. The fourth-order valence-electron chi connectivity index (χ4n) is 1.62. The number of para-hydroxylation sites is 1. The van der Waals surface area contributed by atoms with Crippen molar-refractivity contribution in [1.29, 1.82) is 0 Å². The molecule has 19 heavy (non-hydrogen) atoms. The van der Waals surface area contributed by atoms with Gasteiger partial charge >= 0.3 is 5.97 Å². The number of Topliss-reactive ketones (excluding diaryl/α,β-unsaturated/α-hetero) is 1. The number of benzene rings is 2. The molecule has 0 fully saturated rings. The van der Waals surface area contributed by atoms with Gasteiger partial charge in [0.2, 0.25) is 0 Å². The van der Waals surface area contributed by atoms with Crippen molar-refractivity contribution in [1.82, 2.24) is 0 Å². The molecule has 0 saturated heterocycles. The Morgan fingerprint density at radius 2 is 1.68 bits per heavy atom. The van der Waals surface area contributed by atoms with Gasteiger partial charge in [0.15, 0.2) is 11.5 Å². The van der Waals surface area contributed by atoms with Crippen LogP contribution in [0.15, 0.2) is 53.0 Å². The monoisotopic (exact) mass is 318 g/mol. The number of ether oxygens (including phenoxy) is 1. The molecule has 0 N–H and O–H groups in total. The van der Waals surface area contributed by atoms with Crippen LogP contribution in [0.25, 0.3) is 0 Å². The molecule has 0 aliphatic heterocycles. The molecule has 0 aliphatic carbocycles. The van der Waals surface area contributed by atoms with Crippen LogP contribution in [0, 0.1) is 0 Å². The first-order valence-electron chi connectivity index (χ1n) is 5.66. The quantitative estimate of drug-likeness (QED) is 0.490. The fraction of sp³-hybridized carbons (Fsp3) is 0.0667. The smallest absolute Gasteiger partial charge is 0.343 e. The van der Waals surface area contributed by atoms with Gasteiger partial charge in [-0.2, -0.15) is 0 Å². The molecule has 0 aromatic heterocycles. The van der Waals surface area contributed by atoms with Crippen molar-refractivity contribution in [2.24, 2.45) is 0 Å². The Labute approximate surface area is 119 Å². The van der Waals surface area contributed by atoms with E-state index >= 15 is 0 Å². The van der Waals surface area contributed by atoms with E-state index in [1.165, 1.54) is 6.92 Å². The van der Waals surface area contributed by atoms with Crippen LogP contribution in [0.3, 0.4) is 0 Å². The highest BCUT2D eigenvalue weighted by molar-refractivity contribution is 9.10. The minimum absolute atomic E-state index is 0.155. The molecule has 3 nitrogen and oxygen atoms in total. The minimum Gasteiger partial charge on any atom is -0.421 e. The predicted octanol–water partition coefficient (Wildman–Crippen LogP) is 3.87. The summed E-state index contributed by atoms with van der Waals surface area (Å²) in [5.74, 6) is -0.393. The van der Waals surface area contributed by atoms with Crippen LogP contribution in [0.2, 0.25) is 0 Å². The first-order chi connectivity index (χ1) is 9.09. The van der Waals surface area contributed by atoms with Crippen molar-refractivity contribution in [3.63, 3.8) is 0 Å². The zero-order valence-corrected chi connectivity index (χ0v) is 11.8. The van der Waals surface area contributed by atoms with Gasteiger partial charge in [0.1, 0.15) is 0 Å². The molecule has 0 bridgehead atoms. The molecule has 2 aromatic carbocycles. The molecule has 0 spiro atoms. The maximum Gasteiger partial charge on any atom is 0.343 e. The summed E-state index contributed by atoms with van der Waals surface area (Å²) in [6.45, 7) is 1.43. The molecule has 0 saturated carbocycles. The topological polar surface area (TPSA) is 43.4 Å². The van der Waals surface area contributed by atoms with Gasteiger partial charge in [-0.25, -0.2) is 4.79 Å². The number of rotatable bonds is 3. The van der Waals surface area contributed by atoms with E-state index in [0.29, 0.717) is 15.6 Å². The van der Waals surface area contributed by atoms with E-state index in [0.717, 1.165) is 0 Å². The molecule has 4 heteroatoms. The third kappa shape index (κ3) is 3.09. The zero-order chi connectivity index (χ0) is 13.8. The molecular weight excluding hydrogens is 308 g/mol. The summed E-state index contributed by atoms with van der Waals surface area (Å²) in [5, 5.41) is 0. The van der Waals surface area contributed by atoms with Crippen molar-refractivity contribution >= 4 is 27.7 Å². The number of hydrogen-bond acceptors (Lipinski definition) is 3. The van der Waals surface area contributed by atoms with Crippen LogP contribution in [-0.2, 0) is 0 Å². The predicted molar refractivity (Wildman–Crippen MR) is 75.5 cm³/mol. The molecular formula is C15H11BrO3. The lowest BCUT2D eigenvalue weighted by Gasteiger charge is -2.10. The summed E-state index contributed by atoms with van der Waals surface area (Å²) in [4.78, 5) is 23.5. The third-order valence-corrected chi connectivity index (χ3v) is 3.17. The highest BCUT2D eigenvalue weighted by atomic mass is 79.9. The van der Waals surface area contributed by atoms with Gasteiger partial charge in [0.25, 0.3) is 0 Å². The summed E-state index contributed by atoms with van der Waals surface area (Å²) in [7, 11) is 0. The second-order valence-electron chi connectivity index (χ2n) is 3.93. The lowest BCUT2D eigenvalue weighted by Crippen LogP contribution is -2.11. The van der Waals surface area contributed by atoms with Crippen molar-refractivity contribution in [2.75, 3.05) is 0 Å². The molecule has 0 atom stereocenters. The van der Waals surface area contributed by atoms with Crippen LogP contribution >= 0.6 is 15.9 Å². The van der Waals surface area contributed by atoms with Crippen LogP contribution < -0.4 is 4.74 Å². The van der Waals surface area contributed by atoms with Crippen LogP contribution in [0.5, 0.6) is 5.75 Å². The van der Waals surface area contributed by atoms with Gasteiger partial charge in [-0.1, -0.05) is 24.3 Å². The van der Waals surface area contributed by atoms with Gasteiger partial charge in [-0.05, 0) is 47.1 Å². The molecule has 0 amide bonds. The Bertz CT molecular complexity index is 621. The lowest BCUT2D eigenvalue weighted by atomic mass is 10.1. The summed E-state index contributed by atoms with van der Waals surface area (Å²) in [6, 6.07) is 13.7. The van der Waals surface area contributed by atoms with Crippen molar-refractivity contribution in [3.8, 4) is 5.75 Å². The summed E-state index contributed by atoms with van der Waals surface area (Å²) in [6.07, 6.45) is 0. The van der Waals surface area contributed by atoms with E-state index in [1.54, 1.807) is 42.5 Å². The Kier molecular flexibility index (Phi) is 4.12. The highest BCUT2D eigenvalue weighted by Crippen LogP contribution is 2.30. The lowest BCUT2D eigenvalue weighted by molar-refractivity contribution is 0.0731. The largest absolute Gasteiger partial charge is 0.421 e. The van der Waals surface area contributed by atoms with Crippen molar-refractivity contribution in [3.05, 3.63) is 64.1 Å². The number of carbonyl (C=O) groups is 2. The number of halogens is 1. The molecule has 0 radical (unpaired) electrons. The first-order valence-corrected chi connectivity index (χ1v) is 6.45. The Morgan fingerprint density at radius 3 is 2.32 bits per heavy atom. The van der Waals surface area contributed by atoms with Crippen molar-refractivity contribution < 1.29 is 14.3 Å². The second kappa shape index (κ2) is 5.80. The number of ketones is 1. The fourth-order valence-corrected chi connectivity index (χ4v) is 2.06. The third-order valence-electron chi connectivity index (χ3n) is 2.55. The van der Waals surface area contributed by atoms with Gasteiger partial charge in [0, 0.05) is 0 Å². The molecule has 0 unspecified atom stereocenters. The minimum atomic E-state index is -0.491. The number of carbonyl (C=O) groups excluding carboxylic acids is 2. The van der Waals surface area contributed by atoms with E-state index in [1.807, 2.05) is 6.07 Å². The average Bonchev–Trinajstić information content (AvgIpc) is 2.41. The Morgan fingerprint density at radius 1 is 1.00 bits per heavy atom. The SMILES string of the molecule is CC(=O)c1cccc(Br)c1OC(=O)c1ccccc1. The summed E-state index contributed by atoms with van der Waals surface area (Å²) < 4.78 is 5.89. The van der Waals surface area contributed by atoms with E-state index in [2.05, 4.69) is 15.9 Å². The van der Waals surface area contributed by atoms with Crippen LogP contribution in [0.1, 0.15) is 27.6 Å². The molecule has 2 rings (SSSR count). The number of hydrogen-bond donors (Lipinski definition) is 0. The summed E-state index contributed by atoms with van der Waals surface area (Å²) in [5.41, 5.74) is 0.811. The normalized spacial score (nSPS) is 10.0. The standard InChI is InChI=1S/C15H11BrO3/c1-10(17)12-8-5-9-13(16)14(12)19-15(18)11-6-3-2-4-7-11/h2-9H,1H3. The van der Waals surface area contributed by atoms with Crippen molar-refractivity contribution in [2.45, 2.75) is 6.92 Å². The molecule has 0 aliphatic rings. The molecule has 2 aromatic rings. The van der Waals surface area contributed by atoms with Gasteiger partial charge in [0.05, 0.1) is 15.6 Å². The summed E-state index contributed by atoms with van der Waals surface area (Å²) >= 11 is 3.29. The Balaban J connectivity index is 2.34. The van der Waals surface area contributed by atoms with E-state index in [4.69, 9.17) is 4.74 Å². The van der Waals surface area contributed by atoms with Gasteiger partial charge in [-0.15, -0.1) is 0 Å². The van der Waals surface area contributed by atoms with Crippen LogP contribution in [-0.4, -0.2) is 11.8 Å². The average molecular weight is 319 g/mol. The maximum absolute atomic E-state index is 12.0. The van der Waals surface area contributed by atoms with E-state index < -0.39 is 5.97 Å². The Hall–Kier alpha value is -1.94.